The summed E-state index contributed by atoms with van der Waals surface area (Å²) in [7, 11) is -3.42. The monoisotopic (exact) mass is 356 g/mol. The maximum atomic E-state index is 11.9. The molecule has 0 bridgehead atoms. The van der Waals surface area contributed by atoms with Crippen LogP contribution in [0, 0.1) is 0 Å². The number of carbonyl (C=O) groups is 1. The molecule has 0 radical (unpaired) electrons. The SMILES string of the molecule is CC(C(=O)Nc1cccc2cc(Br)cnc12)S(C)(=O)=O. The second kappa shape index (κ2) is 5.49. The summed E-state index contributed by atoms with van der Waals surface area (Å²) in [6, 6.07) is 7.20. The van der Waals surface area contributed by atoms with E-state index >= 15 is 0 Å². The summed E-state index contributed by atoms with van der Waals surface area (Å²) in [6.45, 7) is 1.36. The van der Waals surface area contributed by atoms with E-state index in [9.17, 15) is 13.2 Å². The number of carbonyl (C=O) groups excluding carboxylic acids is 1. The van der Waals surface area contributed by atoms with Crippen molar-refractivity contribution < 1.29 is 13.2 Å². The van der Waals surface area contributed by atoms with Crippen molar-refractivity contribution >= 4 is 48.3 Å². The Labute approximate surface area is 125 Å². The van der Waals surface area contributed by atoms with Gasteiger partial charge in [0.05, 0.1) is 11.2 Å². The van der Waals surface area contributed by atoms with Crippen molar-refractivity contribution in [3.05, 3.63) is 34.9 Å². The number of benzene rings is 1. The van der Waals surface area contributed by atoms with E-state index in [2.05, 4.69) is 26.2 Å². The fourth-order valence-corrected chi connectivity index (χ4v) is 2.46. The Balaban J connectivity index is 2.38. The number of aromatic nitrogens is 1. The Morgan fingerprint density at radius 3 is 2.75 bits per heavy atom. The van der Waals surface area contributed by atoms with E-state index in [0.717, 1.165) is 16.1 Å². The van der Waals surface area contributed by atoms with Crippen LogP contribution < -0.4 is 5.32 Å². The third-order valence-electron chi connectivity index (χ3n) is 2.95. The summed E-state index contributed by atoms with van der Waals surface area (Å²) in [6.07, 6.45) is 2.66. The summed E-state index contributed by atoms with van der Waals surface area (Å²) >= 11 is 3.33. The molecule has 1 aromatic heterocycles. The molecule has 106 valence electrons. The van der Waals surface area contributed by atoms with Crippen LogP contribution in [0.1, 0.15) is 6.92 Å². The minimum Gasteiger partial charge on any atom is -0.323 e. The topological polar surface area (TPSA) is 76.1 Å². The van der Waals surface area contributed by atoms with Crippen molar-refractivity contribution in [3.8, 4) is 0 Å². The molecule has 1 unspecified atom stereocenters. The lowest BCUT2D eigenvalue weighted by atomic mass is 10.2. The molecular formula is C13H13BrN2O3S. The van der Waals surface area contributed by atoms with Gasteiger partial charge in [-0.3, -0.25) is 9.78 Å². The van der Waals surface area contributed by atoms with E-state index in [1.807, 2.05) is 12.1 Å². The van der Waals surface area contributed by atoms with Crippen LogP contribution in [-0.4, -0.2) is 30.8 Å². The van der Waals surface area contributed by atoms with Gasteiger partial charge < -0.3 is 5.32 Å². The van der Waals surface area contributed by atoms with Gasteiger partial charge in [-0.25, -0.2) is 8.42 Å². The molecule has 0 aliphatic carbocycles. The molecule has 1 aromatic carbocycles. The minimum absolute atomic E-state index is 0.496. The first kappa shape index (κ1) is 14.9. The number of fused-ring (bicyclic) bond motifs is 1. The summed E-state index contributed by atoms with van der Waals surface area (Å²) in [5, 5.41) is 2.36. The van der Waals surface area contributed by atoms with Gasteiger partial charge in [-0.05, 0) is 35.0 Å². The molecule has 5 nitrogen and oxygen atoms in total. The van der Waals surface area contributed by atoms with Gasteiger partial charge in [0.2, 0.25) is 5.91 Å². The van der Waals surface area contributed by atoms with Crippen LogP contribution in [0.5, 0.6) is 0 Å². The number of anilines is 1. The van der Waals surface area contributed by atoms with E-state index in [-0.39, 0.29) is 0 Å². The molecular weight excluding hydrogens is 344 g/mol. The van der Waals surface area contributed by atoms with Gasteiger partial charge in [0, 0.05) is 22.3 Å². The highest BCUT2D eigenvalue weighted by Crippen LogP contribution is 2.24. The number of nitrogens with one attached hydrogen (secondary N) is 1. The normalized spacial score (nSPS) is 13.2. The van der Waals surface area contributed by atoms with Crippen LogP contribution in [0.4, 0.5) is 5.69 Å². The molecule has 20 heavy (non-hydrogen) atoms. The predicted molar refractivity (Wildman–Crippen MR) is 82.4 cm³/mol. The molecule has 2 aromatic rings. The molecule has 0 saturated carbocycles. The fraction of sp³-hybridized carbons (Fsp3) is 0.231. The van der Waals surface area contributed by atoms with Crippen LogP contribution in [0.2, 0.25) is 0 Å². The second-order valence-corrected chi connectivity index (χ2v) is 7.77. The molecule has 1 amide bonds. The Hall–Kier alpha value is -1.47. The van der Waals surface area contributed by atoms with Crippen LogP contribution in [0.25, 0.3) is 10.9 Å². The molecule has 1 atom stereocenters. The summed E-state index contributed by atoms with van der Waals surface area (Å²) in [5.41, 5.74) is 1.11. The number of sulfone groups is 1. The van der Waals surface area contributed by atoms with Crippen LogP contribution in [0.3, 0.4) is 0 Å². The van der Waals surface area contributed by atoms with E-state index in [1.54, 1.807) is 18.3 Å². The average molecular weight is 357 g/mol. The van der Waals surface area contributed by atoms with Crippen LogP contribution in [0.15, 0.2) is 34.9 Å². The number of hydrogen-bond acceptors (Lipinski definition) is 4. The fourth-order valence-electron chi connectivity index (χ4n) is 1.66. The number of hydrogen-bond donors (Lipinski definition) is 1. The molecule has 0 saturated heterocycles. The maximum Gasteiger partial charge on any atom is 0.242 e. The zero-order chi connectivity index (χ0) is 14.9. The highest BCUT2D eigenvalue weighted by molar-refractivity contribution is 9.10. The Morgan fingerprint density at radius 2 is 2.10 bits per heavy atom. The number of pyridine rings is 1. The second-order valence-electron chi connectivity index (χ2n) is 4.49. The first-order valence-corrected chi connectivity index (χ1v) is 8.58. The smallest absolute Gasteiger partial charge is 0.242 e. The summed E-state index contributed by atoms with van der Waals surface area (Å²) in [4.78, 5) is 16.2. The van der Waals surface area contributed by atoms with E-state index in [4.69, 9.17) is 0 Å². The number of halogens is 1. The average Bonchev–Trinajstić information content (AvgIpc) is 2.36. The molecule has 7 heteroatoms. The zero-order valence-electron chi connectivity index (χ0n) is 10.9. The highest BCUT2D eigenvalue weighted by Gasteiger charge is 2.24. The van der Waals surface area contributed by atoms with Crippen molar-refractivity contribution in [2.75, 3.05) is 11.6 Å². The third-order valence-corrected chi connectivity index (χ3v) is 4.88. The van der Waals surface area contributed by atoms with E-state index in [1.165, 1.54) is 6.92 Å². The van der Waals surface area contributed by atoms with Gasteiger partial charge in [0.15, 0.2) is 9.84 Å². The largest absolute Gasteiger partial charge is 0.323 e. The highest BCUT2D eigenvalue weighted by atomic mass is 79.9. The first-order valence-electron chi connectivity index (χ1n) is 5.83. The maximum absolute atomic E-state index is 11.9. The predicted octanol–water partition coefficient (Wildman–Crippen LogP) is 2.37. The van der Waals surface area contributed by atoms with E-state index < -0.39 is 21.0 Å². The van der Waals surface area contributed by atoms with Crippen molar-refractivity contribution in [3.63, 3.8) is 0 Å². The minimum atomic E-state index is -3.42. The molecule has 1 N–H and O–H groups in total. The number of amides is 1. The van der Waals surface area contributed by atoms with E-state index in [0.29, 0.717) is 11.2 Å². The Morgan fingerprint density at radius 1 is 1.40 bits per heavy atom. The lowest BCUT2D eigenvalue weighted by molar-refractivity contribution is -0.115. The van der Waals surface area contributed by atoms with Crippen LogP contribution >= 0.6 is 15.9 Å². The zero-order valence-corrected chi connectivity index (χ0v) is 13.3. The molecule has 0 fully saturated rings. The van der Waals surface area contributed by atoms with Crippen molar-refractivity contribution in [1.82, 2.24) is 4.98 Å². The summed E-state index contributed by atoms with van der Waals surface area (Å²) in [5.74, 6) is -0.565. The number of rotatable bonds is 3. The Kier molecular flexibility index (Phi) is 4.10. The van der Waals surface area contributed by atoms with Gasteiger partial charge in [0.1, 0.15) is 5.25 Å². The molecule has 0 aliphatic heterocycles. The van der Waals surface area contributed by atoms with Crippen LogP contribution in [-0.2, 0) is 14.6 Å². The molecule has 0 spiro atoms. The lowest BCUT2D eigenvalue weighted by Gasteiger charge is -2.12. The molecule has 1 heterocycles. The first-order chi connectivity index (χ1) is 9.29. The third kappa shape index (κ3) is 3.16. The molecule has 0 aliphatic rings. The lowest BCUT2D eigenvalue weighted by Crippen LogP contribution is -2.31. The quantitative estimate of drug-likeness (QED) is 0.915. The number of para-hydroxylation sites is 1. The van der Waals surface area contributed by atoms with Crippen molar-refractivity contribution in [2.24, 2.45) is 0 Å². The van der Waals surface area contributed by atoms with Gasteiger partial charge in [0.25, 0.3) is 0 Å². The number of nitrogens with zero attached hydrogens (tertiary/aromatic N) is 1. The van der Waals surface area contributed by atoms with Crippen molar-refractivity contribution in [2.45, 2.75) is 12.2 Å². The van der Waals surface area contributed by atoms with Gasteiger partial charge in [-0.2, -0.15) is 0 Å². The standard InChI is InChI=1S/C13H13BrN2O3S/c1-8(20(2,18)19)13(17)16-11-5-3-4-9-6-10(14)7-15-12(9)11/h3-8H,1-2H3,(H,16,17). The molecule has 2 rings (SSSR count). The van der Waals surface area contributed by atoms with Gasteiger partial charge >= 0.3 is 0 Å². The van der Waals surface area contributed by atoms with Crippen molar-refractivity contribution in [1.29, 1.82) is 0 Å². The van der Waals surface area contributed by atoms with Gasteiger partial charge in [-0.1, -0.05) is 12.1 Å². The van der Waals surface area contributed by atoms with Gasteiger partial charge in [-0.15, -0.1) is 0 Å². The Bertz CT molecular complexity index is 774. The summed E-state index contributed by atoms with van der Waals surface area (Å²) < 4.78 is 23.6.